The summed E-state index contributed by atoms with van der Waals surface area (Å²) in [6.07, 6.45) is 0. The van der Waals surface area contributed by atoms with Crippen molar-refractivity contribution < 1.29 is 4.74 Å². The third kappa shape index (κ3) is 4.10. The number of alkyl halides is 1. The normalized spacial score (nSPS) is 12.5. The first kappa shape index (κ1) is 12.3. The van der Waals surface area contributed by atoms with E-state index in [1.807, 2.05) is 38.1 Å². The highest BCUT2D eigenvalue weighted by Gasteiger charge is 2.05. The van der Waals surface area contributed by atoms with Gasteiger partial charge in [-0.2, -0.15) is 0 Å². The fraction of sp³-hybridized carbons (Fsp3) is 0.500. The lowest BCUT2D eigenvalue weighted by Crippen LogP contribution is -2.10. The summed E-state index contributed by atoms with van der Waals surface area (Å²) in [7, 11) is 0. The number of hydrogen-bond donors (Lipinski definition) is 1. The van der Waals surface area contributed by atoms with Gasteiger partial charge in [-0.1, -0.05) is 18.2 Å². The van der Waals surface area contributed by atoms with Gasteiger partial charge in [0.2, 0.25) is 0 Å². The molecule has 1 rings (SSSR count). The van der Waals surface area contributed by atoms with Crippen molar-refractivity contribution in [2.75, 3.05) is 25.1 Å². The number of para-hydroxylation sites is 1. The summed E-state index contributed by atoms with van der Waals surface area (Å²) in [5.41, 5.74) is 2.23. The number of anilines is 1. The summed E-state index contributed by atoms with van der Waals surface area (Å²) in [6, 6.07) is 8.09. The molecule has 3 heteroatoms. The molecule has 0 radical (unpaired) electrons. The highest BCUT2D eigenvalue weighted by molar-refractivity contribution is 6.21. The molecule has 0 bridgehead atoms. The van der Waals surface area contributed by atoms with Crippen molar-refractivity contribution in [2.45, 2.75) is 19.2 Å². The minimum Gasteiger partial charge on any atom is -0.382 e. The molecule has 0 amide bonds. The average molecular weight is 228 g/mol. The molecule has 0 aliphatic carbocycles. The van der Waals surface area contributed by atoms with E-state index in [1.54, 1.807) is 0 Å². The van der Waals surface area contributed by atoms with E-state index < -0.39 is 0 Å². The van der Waals surface area contributed by atoms with Crippen molar-refractivity contribution >= 4 is 17.3 Å². The molecule has 0 aromatic heterocycles. The minimum absolute atomic E-state index is 0.0285. The predicted octanol–water partition coefficient (Wildman–Crippen LogP) is 3.43. The lowest BCUT2D eigenvalue weighted by molar-refractivity contribution is 0.158. The lowest BCUT2D eigenvalue weighted by atomic mass is 10.1. The van der Waals surface area contributed by atoms with Crippen LogP contribution in [0.3, 0.4) is 0 Å². The third-order valence-corrected chi connectivity index (χ3v) is 2.39. The Morgan fingerprint density at radius 1 is 1.40 bits per heavy atom. The van der Waals surface area contributed by atoms with Crippen LogP contribution in [0.1, 0.15) is 24.8 Å². The van der Waals surface area contributed by atoms with E-state index in [0.717, 1.165) is 31.0 Å². The molecule has 1 N–H and O–H groups in total. The summed E-state index contributed by atoms with van der Waals surface area (Å²) >= 11 is 6.08. The standard InChI is InChI=1S/C12H18ClNO/c1-3-15-9-8-14-12-7-5-4-6-11(12)10(2)13/h4-7,10,14H,3,8-9H2,1-2H3. The molecule has 1 aromatic rings. The fourth-order valence-electron chi connectivity index (χ4n) is 1.41. The number of nitrogens with one attached hydrogen (secondary N) is 1. The molecule has 2 nitrogen and oxygen atoms in total. The van der Waals surface area contributed by atoms with Gasteiger partial charge in [-0.15, -0.1) is 11.6 Å². The molecule has 0 spiro atoms. The van der Waals surface area contributed by atoms with Crippen LogP contribution in [-0.4, -0.2) is 19.8 Å². The zero-order valence-corrected chi connectivity index (χ0v) is 10.1. The second kappa shape index (κ2) is 6.70. The second-order valence-corrected chi connectivity index (χ2v) is 3.98. The number of ether oxygens (including phenoxy) is 1. The van der Waals surface area contributed by atoms with E-state index in [0.29, 0.717) is 0 Å². The first-order chi connectivity index (χ1) is 7.25. The number of benzene rings is 1. The van der Waals surface area contributed by atoms with E-state index in [4.69, 9.17) is 16.3 Å². The van der Waals surface area contributed by atoms with Gasteiger partial charge in [0.25, 0.3) is 0 Å². The molecule has 1 aromatic carbocycles. The van der Waals surface area contributed by atoms with Crippen LogP contribution in [0.5, 0.6) is 0 Å². The molecule has 0 saturated heterocycles. The van der Waals surface area contributed by atoms with E-state index in [9.17, 15) is 0 Å². The molecule has 1 unspecified atom stereocenters. The number of halogens is 1. The van der Waals surface area contributed by atoms with Gasteiger partial charge in [0.15, 0.2) is 0 Å². The van der Waals surface area contributed by atoms with Crippen LogP contribution >= 0.6 is 11.6 Å². The maximum Gasteiger partial charge on any atom is 0.0638 e. The van der Waals surface area contributed by atoms with Crippen molar-refractivity contribution in [1.82, 2.24) is 0 Å². The van der Waals surface area contributed by atoms with Gasteiger partial charge in [0.05, 0.1) is 12.0 Å². The van der Waals surface area contributed by atoms with Gasteiger partial charge >= 0.3 is 0 Å². The van der Waals surface area contributed by atoms with Crippen LogP contribution in [0, 0.1) is 0 Å². The molecule has 0 aliphatic rings. The predicted molar refractivity (Wildman–Crippen MR) is 65.7 cm³/mol. The molecular weight excluding hydrogens is 210 g/mol. The van der Waals surface area contributed by atoms with Crippen LogP contribution in [0.2, 0.25) is 0 Å². The number of hydrogen-bond acceptors (Lipinski definition) is 2. The Kier molecular flexibility index (Phi) is 5.51. The van der Waals surface area contributed by atoms with E-state index in [1.165, 1.54) is 0 Å². The van der Waals surface area contributed by atoms with Crippen LogP contribution in [0.4, 0.5) is 5.69 Å². The smallest absolute Gasteiger partial charge is 0.0638 e. The number of rotatable bonds is 6. The lowest BCUT2D eigenvalue weighted by Gasteiger charge is -2.13. The second-order valence-electron chi connectivity index (χ2n) is 3.33. The molecule has 15 heavy (non-hydrogen) atoms. The fourth-order valence-corrected chi connectivity index (χ4v) is 1.60. The SMILES string of the molecule is CCOCCNc1ccccc1C(C)Cl. The van der Waals surface area contributed by atoms with Crippen molar-refractivity contribution in [1.29, 1.82) is 0 Å². The third-order valence-electron chi connectivity index (χ3n) is 2.16. The monoisotopic (exact) mass is 227 g/mol. The molecule has 84 valence electrons. The topological polar surface area (TPSA) is 21.3 Å². The summed E-state index contributed by atoms with van der Waals surface area (Å²) in [5, 5.41) is 3.35. The van der Waals surface area contributed by atoms with Crippen molar-refractivity contribution in [3.63, 3.8) is 0 Å². The van der Waals surface area contributed by atoms with Gasteiger partial charge in [-0.25, -0.2) is 0 Å². The molecule has 0 fully saturated rings. The Bertz CT molecular complexity index is 289. The highest BCUT2D eigenvalue weighted by Crippen LogP contribution is 2.26. The van der Waals surface area contributed by atoms with Crippen LogP contribution in [0.15, 0.2) is 24.3 Å². The van der Waals surface area contributed by atoms with Crippen molar-refractivity contribution in [2.24, 2.45) is 0 Å². The Hall–Kier alpha value is -0.730. The van der Waals surface area contributed by atoms with E-state index in [-0.39, 0.29) is 5.38 Å². The molecule has 1 atom stereocenters. The Morgan fingerprint density at radius 3 is 2.80 bits per heavy atom. The van der Waals surface area contributed by atoms with Crippen molar-refractivity contribution in [3.8, 4) is 0 Å². The largest absolute Gasteiger partial charge is 0.382 e. The van der Waals surface area contributed by atoms with Gasteiger partial charge in [0, 0.05) is 18.8 Å². The summed E-state index contributed by atoms with van der Waals surface area (Å²) in [5.74, 6) is 0. The first-order valence-corrected chi connectivity index (χ1v) is 5.74. The van der Waals surface area contributed by atoms with Gasteiger partial charge in [-0.3, -0.25) is 0 Å². The Balaban J connectivity index is 2.52. The molecule has 0 saturated carbocycles. The highest BCUT2D eigenvalue weighted by atomic mass is 35.5. The minimum atomic E-state index is 0.0285. The van der Waals surface area contributed by atoms with E-state index in [2.05, 4.69) is 5.32 Å². The summed E-state index contributed by atoms with van der Waals surface area (Å²) in [6.45, 7) is 6.27. The summed E-state index contributed by atoms with van der Waals surface area (Å²) in [4.78, 5) is 0. The maximum absolute atomic E-state index is 6.08. The first-order valence-electron chi connectivity index (χ1n) is 5.30. The maximum atomic E-state index is 6.08. The molecule has 0 heterocycles. The zero-order valence-electron chi connectivity index (χ0n) is 9.29. The quantitative estimate of drug-likeness (QED) is 0.594. The average Bonchev–Trinajstić information content (AvgIpc) is 2.25. The van der Waals surface area contributed by atoms with E-state index >= 15 is 0 Å². The van der Waals surface area contributed by atoms with Crippen LogP contribution in [0.25, 0.3) is 0 Å². The Morgan fingerprint density at radius 2 is 2.13 bits per heavy atom. The zero-order chi connectivity index (χ0) is 11.1. The van der Waals surface area contributed by atoms with Gasteiger partial charge in [-0.05, 0) is 25.5 Å². The summed E-state index contributed by atoms with van der Waals surface area (Å²) < 4.78 is 5.26. The van der Waals surface area contributed by atoms with Crippen LogP contribution in [-0.2, 0) is 4.74 Å². The Labute approximate surface area is 96.6 Å². The van der Waals surface area contributed by atoms with Crippen LogP contribution < -0.4 is 5.32 Å². The van der Waals surface area contributed by atoms with Crippen molar-refractivity contribution in [3.05, 3.63) is 29.8 Å². The van der Waals surface area contributed by atoms with Gasteiger partial charge in [0.1, 0.15) is 0 Å². The molecule has 0 aliphatic heterocycles. The van der Waals surface area contributed by atoms with Gasteiger partial charge < -0.3 is 10.1 Å². The molecular formula is C12H18ClNO.